The first-order chi connectivity index (χ1) is 8.20. The van der Waals surface area contributed by atoms with E-state index in [0.29, 0.717) is 18.1 Å². The van der Waals surface area contributed by atoms with Crippen molar-refractivity contribution in [1.82, 2.24) is 9.97 Å². The zero-order valence-corrected chi connectivity index (χ0v) is 11.6. The standard InChI is InChI=1S/C13H21N3O2/c1-8(2)11-14-6-9(10(16-11)12(17)18)15-7-13(3,4)5/h6,8,15H,7H2,1-5H3,(H,17,18). The molecule has 0 unspecified atom stereocenters. The number of aromatic nitrogens is 2. The molecule has 5 heteroatoms. The summed E-state index contributed by atoms with van der Waals surface area (Å²) >= 11 is 0. The molecular weight excluding hydrogens is 230 g/mol. The number of carboxylic acids is 1. The van der Waals surface area contributed by atoms with Crippen molar-refractivity contribution in [2.45, 2.75) is 40.5 Å². The van der Waals surface area contributed by atoms with Crippen LogP contribution in [-0.4, -0.2) is 27.6 Å². The van der Waals surface area contributed by atoms with E-state index in [0.717, 1.165) is 0 Å². The second kappa shape index (κ2) is 5.33. The average molecular weight is 251 g/mol. The van der Waals surface area contributed by atoms with Crippen LogP contribution in [0.2, 0.25) is 0 Å². The number of aromatic carboxylic acids is 1. The Hall–Kier alpha value is -1.65. The van der Waals surface area contributed by atoms with Gasteiger partial charge in [-0.2, -0.15) is 0 Å². The molecule has 0 saturated carbocycles. The van der Waals surface area contributed by atoms with Crippen LogP contribution in [0.4, 0.5) is 5.69 Å². The van der Waals surface area contributed by atoms with Gasteiger partial charge in [0.15, 0.2) is 5.69 Å². The van der Waals surface area contributed by atoms with Crippen molar-refractivity contribution in [1.29, 1.82) is 0 Å². The normalized spacial score (nSPS) is 11.7. The second-order valence-corrected chi connectivity index (χ2v) is 5.86. The molecule has 1 aromatic heterocycles. The van der Waals surface area contributed by atoms with E-state index < -0.39 is 5.97 Å². The summed E-state index contributed by atoms with van der Waals surface area (Å²) in [7, 11) is 0. The summed E-state index contributed by atoms with van der Waals surface area (Å²) in [5, 5.41) is 12.3. The minimum atomic E-state index is -1.03. The van der Waals surface area contributed by atoms with Crippen LogP contribution in [0.5, 0.6) is 0 Å². The molecule has 0 spiro atoms. The molecular formula is C13H21N3O2. The molecule has 5 nitrogen and oxygen atoms in total. The highest BCUT2D eigenvalue weighted by Gasteiger charge is 2.17. The monoisotopic (exact) mass is 251 g/mol. The van der Waals surface area contributed by atoms with E-state index in [4.69, 9.17) is 0 Å². The van der Waals surface area contributed by atoms with E-state index in [9.17, 15) is 9.90 Å². The van der Waals surface area contributed by atoms with Crippen LogP contribution in [0.3, 0.4) is 0 Å². The fourth-order valence-electron chi connectivity index (χ4n) is 1.33. The van der Waals surface area contributed by atoms with Gasteiger partial charge in [-0.1, -0.05) is 34.6 Å². The third-order valence-electron chi connectivity index (χ3n) is 2.34. The largest absolute Gasteiger partial charge is 0.476 e. The van der Waals surface area contributed by atoms with Crippen molar-refractivity contribution >= 4 is 11.7 Å². The van der Waals surface area contributed by atoms with Gasteiger partial charge in [0.2, 0.25) is 0 Å². The van der Waals surface area contributed by atoms with E-state index in [1.807, 2.05) is 13.8 Å². The fourth-order valence-corrected chi connectivity index (χ4v) is 1.33. The lowest BCUT2D eigenvalue weighted by Gasteiger charge is -2.20. The van der Waals surface area contributed by atoms with Gasteiger partial charge in [-0.25, -0.2) is 14.8 Å². The number of hydrogen-bond donors (Lipinski definition) is 2. The lowest BCUT2D eigenvalue weighted by atomic mass is 9.97. The summed E-state index contributed by atoms with van der Waals surface area (Å²) in [5.74, 6) is -0.371. The van der Waals surface area contributed by atoms with Crippen LogP contribution in [0.25, 0.3) is 0 Å². The maximum absolute atomic E-state index is 11.2. The number of carboxylic acid groups (broad SMARTS) is 1. The number of nitrogens with zero attached hydrogens (tertiary/aromatic N) is 2. The van der Waals surface area contributed by atoms with E-state index in [2.05, 4.69) is 36.1 Å². The van der Waals surface area contributed by atoms with Crippen molar-refractivity contribution in [2.75, 3.05) is 11.9 Å². The molecule has 0 fully saturated rings. The predicted octanol–water partition coefficient (Wildman–Crippen LogP) is 2.76. The second-order valence-electron chi connectivity index (χ2n) is 5.86. The Morgan fingerprint density at radius 3 is 2.50 bits per heavy atom. The SMILES string of the molecule is CC(C)c1ncc(NCC(C)(C)C)c(C(=O)O)n1. The Labute approximate surface area is 108 Å². The highest BCUT2D eigenvalue weighted by atomic mass is 16.4. The van der Waals surface area contributed by atoms with E-state index >= 15 is 0 Å². The highest BCUT2D eigenvalue weighted by molar-refractivity contribution is 5.91. The molecule has 0 aliphatic carbocycles. The molecule has 0 radical (unpaired) electrons. The Morgan fingerprint density at radius 2 is 2.06 bits per heavy atom. The van der Waals surface area contributed by atoms with Gasteiger partial charge in [0.1, 0.15) is 5.82 Å². The topological polar surface area (TPSA) is 75.1 Å². The minimum Gasteiger partial charge on any atom is -0.476 e. The van der Waals surface area contributed by atoms with Crippen LogP contribution >= 0.6 is 0 Å². The summed E-state index contributed by atoms with van der Waals surface area (Å²) < 4.78 is 0. The summed E-state index contributed by atoms with van der Waals surface area (Å²) in [5.41, 5.74) is 0.576. The molecule has 1 heterocycles. The van der Waals surface area contributed by atoms with Crippen molar-refractivity contribution in [3.05, 3.63) is 17.7 Å². The lowest BCUT2D eigenvalue weighted by molar-refractivity contribution is 0.0691. The molecule has 0 atom stereocenters. The van der Waals surface area contributed by atoms with Crippen LogP contribution in [0.1, 0.15) is 56.8 Å². The van der Waals surface area contributed by atoms with Gasteiger partial charge in [-0.3, -0.25) is 0 Å². The van der Waals surface area contributed by atoms with Gasteiger partial charge in [0, 0.05) is 12.5 Å². The van der Waals surface area contributed by atoms with Gasteiger partial charge in [-0.15, -0.1) is 0 Å². The molecule has 0 bridgehead atoms. The Kier molecular flexibility index (Phi) is 4.27. The average Bonchev–Trinajstić information content (AvgIpc) is 2.24. The van der Waals surface area contributed by atoms with Crippen LogP contribution in [0, 0.1) is 5.41 Å². The van der Waals surface area contributed by atoms with E-state index in [1.54, 1.807) is 6.20 Å². The number of hydrogen-bond acceptors (Lipinski definition) is 4. The maximum atomic E-state index is 11.2. The number of rotatable bonds is 4. The van der Waals surface area contributed by atoms with Crippen LogP contribution in [0.15, 0.2) is 6.20 Å². The molecule has 0 amide bonds. The van der Waals surface area contributed by atoms with Crippen molar-refractivity contribution < 1.29 is 9.90 Å². The van der Waals surface area contributed by atoms with Crippen molar-refractivity contribution in [3.63, 3.8) is 0 Å². The summed E-state index contributed by atoms with van der Waals surface area (Å²) in [4.78, 5) is 19.5. The van der Waals surface area contributed by atoms with E-state index in [1.165, 1.54) is 0 Å². The maximum Gasteiger partial charge on any atom is 0.356 e. The molecule has 100 valence electrons. The van der Waals surface area contributed by atoms with Gasteiger partial charge in [0.25, 0.3) is 0 Å². The Morgan fingerprint density at radius 1 is 1.44 bits per heavy atom. The number of carbonyl (C=O) groups is 1. The predicted molar refractivity (Wildman–Crippen MR) is 71.0 cm³/mol. The molecule has 18 heavy (non-hydrogen) atoms. The molecule has 2 N–H and O–H groups in total. The highest BCUT2D eigenvalue weighted by Crippen LogP contribution is 2.19. The van der Waals surface area contributed by atoms with Gasteiger partial charge >= 0.3 is 5.97 Å². The number of nitrogens with one attached hydrogen (secondary N) is 1. The Bertz CT molecular complexity index is 436. The lowest BCUT2D eigenvalue weighted by Crippen LogP contribution is -2.21. The van der Waals surface area contributed by atoms with Gasteiger partial charge in [-0.05, 0) is 5.41 Å². The zero-order valence-electron chi connectivity index (χ0n) is 11.6. The molecule has 0 aliphatic heterocycles. The minimum absolute atomic E-state index is 0.0398. The molecule has 0 aliphatic rings. The first kappa shape index (κ1) is 14.4. The quantitative estimate of drug-likeness (QED) is 0.860. The van der Waals surface area contributed by atoms with E-state index in [-0.39, 0.29) is 17.0 Å². The number of anilines is 1. The van der Waals surface area contributed by atoms with Crippen molar-refractivity contribution in [3.8, 4) is 0 Å². The molecule has 1 aromatic rings. The molecule has 1 rings (SSSR count). The first-order valence-corrected chi connectivity index (χ1v) is 6.05. The summed E-state index contributed by atoms with van der Waals surface area (Å²) in [6.45, 7) is 10.8. The molecule has 0 aromatic carbocycles. The van der Waals surface area contributed by atoms with Gasteiger partial charge < -0.3 is 10.4 Å². The fraction of sp³-hybridized carbons (Fsp3) is 0.615. The van der Waals surface area contributed by atoms with Gasteiger partial charge in [0.05, 0.1) is 11.9 Å². The first-order valence-electron chi connectivity index (χ1n) is 6.05. The van der Waals surface area contributed by atoms with Crippen LogP contribution in [-0.2, 0) is 0 Å². The third kappa shape index (κ3) is 3.98. The Balaban J connectivity index is 3.01. The van der Waals surface area contributed by atoms with Crippen molar-refractivity contribution in [2.24, 2.45) is 5.41 Å². The third-order valence-corrected chi connectivity index (χ3v) is 2.34. The van der Waals surface area contributed by atoms with Crippen LogP contribution < -0.4 is 5.32 Å². The summed E-state index contributed by atoms with van der Waals surface area (Å²) in [6, 6.07) is 0. The smallest absolute Gasteiger partial charge is 0.356 e. The molecule has 0 saturated heterocycles. The summed E-state index contributed by atoms with van der Waals surface area (Å²) in [6.07, 6.45) is 1.55. The zero-order chi connectivity index (χ0) is 13.9.